The minimum Gasteiger partial charge on any atom is -0.495 e. The van der Waals surface area contributed by atoms with E-state index in [0.717, 1.165) is 24.3 Å². The van der Waals surface area contributed by atoms with Crippen LogP contribution in [-0.2, 0) is 5.54 Å². The maximum atomic E-state index is 6.00. The zero-order valence-corrected chi connectivity index (χ0v) is 7.08. The van der Waals surface area contributed by atoms with Crippen LogP contribution in [0.5, 0.6) is 5.75 Å². The fourth-order valence-corrected chi connectivity index (χ4v) is 1.30. The molecule has 0 saturated heterocycles. The predicted octanol–water partition coefficient (Wildman–Crippen LogP) is 1.04. The summed E-state index contributed by atoms with van der Waals surface area (Å²) in [4.78, 5) is 4.23. The van der Waals surface area contributed by atoms with E-state index in [9.17, 15) is 0 Å². The third-order valence-electron chi connectivity index (χ3n) is 2.25. The zero-order chi connectivity index (χ0) is 8.60. The third kappa shape index (κ3) is 1.06. The van der Waals surface area contributed by atoms with Gasteiger partial charge in [-0.3, -0.25) is 4.98 Å². The summed E-state index contributed by atoms with van der Waals surface area (Å²) < 4.78 is 5.17. The van der Waals surface area contributed by atoms with Crippen molar-refractivity contribution >= 4 is 0 Å². The highest BCUT2D eigenvalue weighted by Gasteiger charge is 2.43. The van der Waals surface area contributed by atoms with Crippen molar-refractivity contribution in [3.63, 3.8) is 0 Å². The molecule has 0 bridgehead atoms. The summed E-state index contributed by atoms with van der Waals surface area (Å²) in [6.45, 7) is 0. The molecule has 1 saturated carbocycles. The molecule has 1 aliphatic carbocycles. The first-order chi connectivity index (χ1) is 5.76. The second-order valence-corrected chi connectivity index (χ2v) is 3.21. The molecule has 0 radical (unpaired) electrons. The summed E-state index contributed by atoms with van der Waals surface area (Å²) >= 11 is 0. The van der Waals surface area contributed by atoms with Crippen LogP contribution in [0.25, 0.3) is 0 Å². The van der Waals surface area contributed by atoms with Crippen LogP contribution in [0.1, 0.15) is 18.5 Å². The van der Waals surface area contributed by atoms with E-state index < -0.39 is 0 Å². The molecule has 0 aromatic carbocycles. The maximum absolute atomic E-state index is 6.00. The molecule has 12 heavy (non-hydrogen) atoms. The summed E-state index contributed by atoms with van der Waals surface area (Å²) in [6, 6.07) is 3.75. The number of ether oxygens (including phenoxy) is 1. The number of hydrogen-bond donors (Lipinski definition) is 1. The number of nitrogens with two attached hydrogens (primary N) is 1. The van der Waals surface area contributed by atoms with Crippen LogP contribution in [0.3, 0.4) is 0 Å². The van der Waals surface area contributed by atoms with Crippen LogP contribution in [0.4, 0.5) is 0 Å². The van der Waals surface area contributed by atoms with Crippen LogP contribution in [-0.4, -0.2) is 12.1 Å². The number of hydrogen-bond acceptors (Lipinski definition) is 3. The molecule has 2 N–H and O–H groups in total. The Morgan fingerprint density at radius 2 is 2.33 bits per heavy atom. The summed E-state index contributed by atoms with van der Waals surface area (Å²) in [5.41, 5.74) is 6.70. The summed E-state index contributed by atoms with van der Waals surface area (Å²) in [7, 11) is 1.65. The smallest absolute Gasteiger partial charge is 0.142 e. The third-order valence-corrected chi connectivity index (χ3v) is 2.25. The first-order valence-corrected chi connectivity index (χ1v) is 4.05. The van der Waals surface area contributed by atoms with Crippen molar-refractivity contribution in [1.82, 2.24) is 4.98 Å². The van der Waals surface area contributed by atoms with Crippen molar-refractivity contribution in [2.45, 2.75) is 18.4 Å². The quantitative estimate of drug-likeness (QED) is 0.710. The molecule has 1 aromatic rings. The standard InChI is InChI=1S/C9H12N2O/c1-12-7-3-2-6-11-8(7)9(10)4-5-9/h2-3,6H,4-5,10H2,1H3. The lowest BCUT2D eigenvalue weighted by Crippen LogP contribution is -2.21. The molecular formula is C9H12N2O. The van der Waals surface area contributed by atoms with Gasteiger partial charge in [0, 0.05) is 6.20 Å². The van der Waals surface area contributed by atoms with Crippen LogP contribution in [0.2, 0.25) is 0 Å². The molecule has 64 valence electrons. The zero-order valence-electron chi connectivity index (χ0n) is 7.08. The van der Waals surface area contributed by atoms with E-state index in [0.29, 0.717) is 0 Å². The predicted molar refractivity (Wildman–Crippen MR) is 45.9 cm³/mol. The first-order valence-electron chi connectivity index (χ1n) is 4.05. The largest absolute Gasteiger partial charge is 0.495 e. The van der Waals surface area contributed by atoms with E-state index in [4.69, 9.17) is 10.5 Å². The molecule has 0 unspecified atom stereocenters. The van der Waals surface area contributed by atoms with Crippen molar-refractivity contribution in [3.05, 3.63) is 24.0 Å². The Labute approximate surface area is 71.6 Å². The fraction of sp³-hybridized carbons (Fsp3) is 0.444. The number of aromatic nitrogens is 1. The van der Waals surface area contributed by atoms with E-state index in [-0.39, 0.29) is 5.54 Å². The lowest BCUT2D eigenvalue weighted by Gasteiger charge is -2.11. The minimum absolute atomic E-state index is 0.202. The molecule has 1 aliphatic rings. The van der Waals surface area contributed by atoms with Crippen molar-refractivity contribution in [3.8, 4) is 5.75 Å². The van der Waals surface area contributed by atoms with Crippen LogP contribution in [0, 0.1) is 0 Å². The molecule has 0 aliphatic heterocycles. The van der Waals surface area contributed by atoms with E-state index >= 15 is 0 Å². The van der Waals surface area contributed by atoms with Crippen molar-refractivity contribution in [1.29, 1.82) is 0 Å². The van der Waals surface area contributed by atoms with Gasteiger partial charge < -0.3 is 10.5 Å². The van der Waals surface area contributed by atoms with Gasteiger partial charge in [-0.2, -0.15) is 0 Å². The Morgan fingerprint density at radius 3 is 2.92 bits per heavy atom. The van der Waals surface area contributed by atoms with Crippen molar-refractivity contribution < 1.29 is 4.74 Å². The Hall–Kier alpha value is -1.09. The maximum Gasteiger partial charge on any atom is 0.142 e. The molecule has 1 heterocycles. The van der Waals surface area contributed by atoms with Crippen LogP contribution >= 0.6 is 0 Å². The molecule has 3 heteroatoms. The number of rotatable bonds is 2. The Bertz CT molecular complexity index is 294. The van der Waals surface area contributed by atoms with Gasteiger partial charge in [-0.25, -0.2) is 0 Å². The van der Waals surface area contributed by atoms with E-state index in [1.807, 2.05) is 12.1 Å². The second kappa shape index (κ2) is 2.45. The van der Waals surface area contributed by atoms with Gasteiger partial charge in [-0.05, 0) is 25.0 Å². The molecule has 1 aromatic heterocycles. The molecule has 0 amide bonds. The van der Waals surface area contributed by atoms with Crippen LogP contribution < -0.4 is 10.5 Å². The lowest BCUT2D eigenvalue weighted by atomic mass is 10.1. The molecule has 1 fully saturated rings. The molecule has 0 spiro atoms. The number of methoxy groups -OCH3 is 1. The van der Waals surface area contributed by atoms with Gasteiger partial charge in [0.05, 0.1) is 12.6 Å². The van der Waals surface area contributed by atoms with Gasteiger partial charge in [0.15, 0.2) is 0 Å². The van der Waals surface area contributed by atoms with Crippen LogP contribution in [0.15, 0.2) is 18.3 Å². The molecule has 0 atom stereocenters. The number of pyridine rings is 1. The second-order valence-electron chi connectivity index (χ2n) is 3.21. The first kappa shape index (κ1) is 7.55. The summed E-state index contributed by atoms with van der Waals surface area (Å²) in [5, 5.41) is 0. The Morgan fingerprint density at radius 1 is 1.58 bits per heavy atom. The van der Waals surface area contributed by atoms with E-state index in [1.165, 1.54) is 0 Å². The van der Waals surface area contributed by atoms with Gasteiger partial charge in [0.1, 0.15) is 11.4 Å². The summed E-state index contributed by atoms with van der Waals surface area (Å²) in [5.74, 6) is 0.803. The van der Waals surface area contributed by atoms with Crippen molar-refractivity contribution in [2.75, 3.05) is 7.11 Å². The average Bonchev–Trinajstić information content (AvgIpc) is 2.85. The summed E-state index contributed by atoms with van der Waals surface area (Å²) in [6.07, 6.45) is 3.78. The fourth-order valence-electron chi connectivity index (χ4n) is 1.30. The minimum atomic E-state index is -0.202. The number of nitrogens with zero attached hydrogens (tertiary/aromatic N) is 1. The average molecular weight is 164 g/mol. The SMILES string of the molecule is COc1cccnc1C1(N)CC1. The normalized spacial score (nSPS) is 18.8. The van der Waals surface area contributed by atoms with Gasteiger partial charge >= 0.3 is 0 Å². The monoisotopic (exact) mass is 164 g/mol. The lowest BCUT2D eigenvalue weighted by molar-refractivity contribution is 0.400. The van der Waals surface area contributed by atoms with E-state index in [1.54, 1.807) is 13.3 Å². The Kier molecular flexibility index (Phi) is 1.54. The Balaban J connectivity index is 2.42. The molecular weight excluding hydrogens is 152 g/mol. The molecule has 2 rings (SSSR count). The van der Waals surface area contributed by atoms with E-state index in [2.05, 4.69) is 4.98 Å². The molecule has 3 nitrogen and oxygen atoms in total. The van der Waals surface area contributed by atoms with Gasteiger partial charge in [0.25, 0.3) is 0 Å². The highest BCUT2D eigenvalue weighted by Crippen LogP contribution is 2.44. The van der Waals surface area contributed by atoms with Gasteiger partial charge in [-0.1, -0.05) is 0 Å². The highest BCUT2D eigenvalue weighted by molar-refractivity contribution is 5.36. The van der Waals surface area contributed by atoms with Gasteiger partial charge in [0.2, 0.25) is 0 Å². The highest BCUT2D eigenvalue weighted by atomic mass is 16.5. The van der Waals surface area contributed by atoms with Gasteiger partial charge in [-0.15, -0.1) is 0 Å². The van der Waals surface area contributed by atoms with Crippen molar-refractivity contribution in [2.24, 2.45) is 5.73 Å². The topological polar surface area (TPSA) is 48.1 Å².